The Morgan fingerprint density at radius 1 is 1.15 bits per heavy atom. The second kappa shape index (κ2) is 8.82. The minimum Gasteiger partial charge on any atom is -0.306 e. The first-order chi connectivity index (χ1) is 15.5. The Balaban J connectivity index is 1.55. The fourth-order valence-corrected chi connectivity index (χ4v) is 6.32. The van der Waals surface area contributed by atoms with Gasteiger partial charge in [0.05, 0.1) is 40.4 Å². The van der Waals surface area contributed by atoms with E-state index in [2.05, 4.69) is 15.0 Å². The number of carbonyl (C=O) groups excluding carboxylic acids is 1. The number of H-pyrrole nitrogens is 1. The minimum absolute atomic E-state index is 0.0320. The van der Waals surface area contributed by atoms with E-state index in [9.17, 15) is 22.8 Å². The number of Topliss-reactive ketones (excluding diaryl/α,β-unsaturated/α-hetero) is 1. The zero-order valence-corrected chi connectivity index (χ0v) is 20.0. The summed E-state index contributed by atoms with van der Waals surface area (Å²) >= 11 is 12.4. The van der Waals surface area contributed by atoms with Crippen LogP contribution in [0.3, 0.4) is 0 Å². The number of fused-ring (bicyclic) bond motifs is 1. The predicted octanol–water partition coefficient (Wildman–Crippen LogP) is 2.73. The number of hydrogen-bond acceptors (Lipinski definition) is 8. The largest absolute Gasteiger partial charge is 0.334 e. The fourth-order valence-electron chi connectivity index (χ4n) is 3.11. The molecule has 3 aromatic heterocycles. The highest BCUT2D eigenvalue weighted by molar-refractivity contribution is 7.94. The van der Waals surface area contributed by atoms with E-state index in [4.69, 9.17) is 23.2 Å². The van der Waals surface area contributed by atoms with E-state index in [-0.39, 0.29) is 31.5 Å². The lowest BCUT2D eigenvalue weighted by atomic mass is 10.2. The number of thiophene rings is 1. The molecule has 3 heterocycles. The molecular weight excluding hydrogens is 511 g/mol. The van der Waals surface area contributed by atoms with E-state index in [1.807, 2.05) is 6.92 Å². The molecule has 0 saturated carbocycles. The average molecular weight is 525 g/mol. The molecule has 0 aliphatic carbocycles. The zero-order valence-electron chi connectivity index (χ0n) is 16.8. The van der Waals surface area contributed by atoms with Crippen molar-refractivity contribution < 1.29 is 13.2 Å². The van der Waals surface area contributed by atoms with Crippen molar-refractivity contribution in [2.24, 2.45) is 0 Å². The van der Waals surface area contributed by atoms with E-state index in [1.165, 1.54) is 18.5 Å². The molecule has 4 rings (SSSR count). The molecule has 1 aromatic carbocycles. The summed E-state index contributed by atoms with van der Waals surface area (Å²) in [5.74, 6) is -1.41. The third-order valence-corrected chi connectivity index (χ3v) is 8.74. The minimum atomic E-state index is -3.91. The number of nitrogens with zero attached hydrogens (tertiary/aromatic N) is 3. The quantitative estimate of drug-likeness (QED) is 0.410. The molecule has 0 spiro atoms. The summed E-state index contributed by atoms with van der Waals surface area (Å²) in [5.41, 5.74) is 0.228. The highest BCUT2D eigenvalue weighted by atomic mass is 35.5. The normalized spacial score (nSPS) is 11.7. The number of nitrogens with one attached hydrogen (secondary N) is 1. The first-order valence-corrected chi connectivity index (χ1v) is 12.5. The summed E-state index contributed by atoms with van der Waals surface area (Å²) < 4.78 is 25.7. The van der Waals surface area contributed by atoms with Crippen LogP contribution in [-0.4, -0.2) is 39.5 Å². The smallest absolute Gasteiger partial charge is 0.306 e. The lowest BCUT2D eigenvalue weighted by molar-refractivity contribution is -0.116. The van der Waals surface area contributed by atoms with Crippen molar-refractivity contribution >= 4 is 61.1 Å². The van der Waals surface area contributed by atoms with Gasteiger partial charge in [0, 0.05) is 0 Å². The van der Waals surface area contributed by atoms with Crippen molar-refractivity contribution in [3.8, 4) is 5.82 Å². The number of sulfone groups is 1. The van der Waals surface area contributed by atoms with Gasteiger partial charge in [0.1, 0.15) is 14.3 Å². The van der Waals surface area contributed by atoms with Crippen molar-refractivity contribution in [2.75, 3.05) is 5.75 Å². The monoisotopic (exact) mass is 524 g/mol. The number of ketones is 1. The van der Waals surface area contributed by atoms with Crippen LogP contribution in [0, 0.1) is 6.92 Å². The molecule has 33 heavy (non-hydrogen) atoms. The van der Waals surface area contributed by atoms with Crippen LogP contribution in [0.25, 0.3) is 16.7 Å². The molecule has 0 unspecified atom stereocenters. The number of aromatic nitrogens is 4. The van der Waals surface area contributed by atoms with Gasteiger partial charge in [-0.25, -0.2) is 22.8 Å². The van der Waals surface area contributed by atoms with Gasteiger partial charge in [-0.3, -0.25) is 14.6 Å². The summed E-state index contributed by atoms with van der Waals surface area (Å²) in [7, 11) is -3.91. The van der Waals surface area contributed by atoms with Crippen molar-refractivity contribution in [3.63, 3.8) is 0 Å². The number of carbonyl (C=O) groups is 1. The zero-order chi connectivity index (χ0) is 23.9. The molecule has 0 bridgehead atoms. The molecule has 1 N–H and O–H groups in total. The maximum Gasteiger partial charge on any atom is 0.334 e. The van der Waals surface area contributed by atoms with E-state index in [0.717, 1.165) is 21.5 Å². The van der Waals surface area contributed by atoms with Crippen LogP contribution in [0.2, 0.25) is 9.36 Å². The summed E-state index contributed by atoms with van der Waals surface area (Å²) in [6, 6.07) is 6.24. The number of hydrogen-bond donors (Lipinski definition) is 1. The molecule has 13 heteroatoms. The van der Waals surface area contributed by atoms with E-state index in [0.29, 0.717) is 10.9 Å². The first kappa shape index (κ1) is 23.3. The topological polar surface area (TPSA) is 132 Å². The molecule has 0 atom stereocenters. The molecule has 170 valence electrons. The number of aryl methyl sites for hydroxylation is 1. The number of benzene rings is 1. The van der Waals surface area contributed by atoms with Crippen LogP contribution in [0.5, 0.6) is 0 Å². The maximum atomic E-state index is 12.8. The van der Waals surface area contributed by atoms with Gasteiger partial charge in [-0.05, 0) is 30.7 Å². The van der Waals surface area contributed by atoms with Crippen molar-refractivity contribution in [2.45, 2.75) is 17.6 Å². The van der Waals surface area contributed by atoms with Crippen LogP contribution in [0.15, 0.2) is 50.5 Å². The van der Waals surface area contributed by atoms with E-state index >= 15 is 0 Å². The highest BCUT2D eigenvalue weighted by Crippen LogP contribution is 2.34. The third-order valence-electron chi connectivity index (χ3n) is 4.63. The van der Waals surface area contributed by atoms with Gasteiger partial charge >= 0.3 is 5.69 Å². The van der Waals surface area contributed by atoms with Crippen LogP contribution >= 0.6 is 34.5 Å². The Kier molecular flexibility index (Phi) is 6.23. The first-order valence-electron chi connectivity index (χ1n) is 9.31. The van der Waals surface area contributed by atoms with Gasteiger partial charge in [0.25, 0.3) is 5.56 Å². The second-order valence-electron chi connectivity index (χ2n) is 7.15. The molecule has 0 amide bonds. The Labute approximate surface area is 200 Å². The molecule has 0 fully saturated rings. The van der Waals surface area contributed by atoms with Gasteiger partial charge in [0.2, 0.25) is 0 Å². The van der Waals surface area contributed by atoms with Crippen molar-refractivity contribution in [1.29, 1.82) is 0 Å². The molecular formula is C20H14Cl2N4O5S2. The maximum absolute atomic E-state index is 12.8. The Morgan fingerprint density at radius 2 is 1.91 bits per heavy atom. The Bertz CT molecular complexity index is 1600. The van der Waals surface area contributed by atoms with Crippen LogP contribution in [-0.2, 0) is 21.1 Å². The number of aromatic amines is 1. The van der Waals surface area contributed by atoms with Crippen molar-refractivity contribution in [3.05, 3.63) is 78.1 Å². The average Bonchev–Trinajstić information content (AvgIpc) is 3.08. The van der Waals surface area contributed by atoms with Crippen molar-refractivity contribution in [1.82, 2.24) is 19.5 Å². The molecule has 4 aromatic rings. The summed E-state index contributed by atoms with van der Waals surface area (Å²) in [5, 5.41) is 0.406. The molecule has 0 saturated heterocycles. The van der Waals surface area contributed by atoms with Gasteiger partial charge in [-0.1, -0.05) is 29.3 Å². The summed E-state index contributed by atoms with van der Waals surface area (Å²) in [6.07, 6.45) is 2.08. The summed E-state index contributed by atoms with van der Waals surface area (Å²) in [6.45, 7) is 1.84. The van der Waals surface area contributed by atoms with Gasteiger partial charge < -0.3 is 4.98 Å². The van der Waals surface area contributed by atoms with Crippen LogP contribution in [0.1, 0.15) is 11.3 Å². The van der Waals surface area contributed by atoms with Gasteiger partial charge in [-0.2, -0.15) is 0 Å². The Hall–Kier alpha value is -2.86. The lowest BCUT2D eigenvalue weighted by Crippen LogP contribution is -2.34. The second-order valence-corrected chi connectivity index (χ2v) is 11.4. The Morgan fingerprint density at radius 3 is 2.55 bits per heavy atom. The molecule has 9 nitrogen and oxygen atoms in total. The third kappa shape index (κ3) is 4.76. The van der Waals surface area contributed by atoms with Gasteiger partial charge in [0.15, 0.2) is 21.4 Å². The standard InChI is InChI=1S/C20H14Cl2N4O5S2/c1-10-2-3-13-15(4-10)25-20(29)26(19(13)28)16-8-23-11(7-24-16)5-12(27)9-33(30,31)17-6-14(21)18(22)32-17/h2-4,6-8H,5,9H2,1H3,(H,25,29). The van der Waals surface area contributed by atoms with Crippen LogP contribution in [0.4, 0.5) is 0 Å². The van der Waals surface area contributed by atoms with Crippen LogP contribution < -0.4 is 11.2 Å². The molecule has 0 aliphatic rings. The lowest BCUT2D eigenvalue weighted by Gasteiger charge is -2.07. The fraction of sp³-hybridized carbons (Fsp3) is 0.150. The number of rotatable bonds is 6. The SMILES string of the molecule is Cc1ccc2c(=O)n(-c3cnc(CC(=O)CS(=O)(=O)c4cc(Cl)c(Cl)s4)cn3)c(=O)[nH]c2c1. The summed E-state index contributed by atoms with van der Waals surface area (Å²) in [4.78, 5) is 48.3. The molecule has 0 radical (unpaired) electrons. The van der Waals surface area contributed by atoms with E-state index < -0.39 is 32.6 Å². The number of halogens is 2. The van der Waals surface area contributed by atoms with Gasteiger partial charge in [-0.15, -0.1) is 11.3 Å². The van der Waals surface area contributed by atoms with E-state index in [1.54, 1.807) is 18.2 Å². The highest BCUT2D eigenvalue weighted by Gasteiger charge is 2.23. The predicted molar refractivity (Wildman–Crippen MR) is 126 cm³/mol. The molecule has 0 aliphatic heterocycles.